The van der Waals surface area contributed by atoms with Crippen LogP contribution in [-0.4, -0.2) is 13.2 Å². The molecule has 2 aromatic carbocycles. The summed E-state index contributed by atoms with van der Waals surface area (Å²) in [5, 5.41) is 3.37. The lowest BCUT2D eigenvalue weighted by molar-refractivity contribution is 0.334. The molecule has 1 unspecified atom stereocenters. The van der Waals surface area contributed by atoms with Crippen LogP contribution >= 0.6 is 22.6 Å². The fraction of sp³-hybridized carbons (Fsp3) is 0.200. The van der Waals surface area contributed by atoms with E-state index in [4.69, 9.17) is 4.74 Å². The normalized spacial score (nSPS) is 16.8. The van der Waals surface area contributed by atoms with Crippen molar-refractivity contribution in [3.05, 3.63) is 57.4 Å². The molecular weight excluding hydrogens is 356 g/mol. The van der Waals surface area contributed by atoms with E-state index < -0.39 is 0 Å². The van der Waals surface area contributed by atoms with Gasteiger partial charge in [0.25, 0.3) is 0 Å². The summed E-state index contributed by atoms with van der Waals surface area (Å²) in [5.74, 6) is 1.12. The van der Waals surface area contributed by atoms with Gasteiger partial charge in [0.15, 0.2) is 0 Å². The van der Waals surface area contributed by atoms with E-state index in [2.05, 4.69) is 34.0 Å². The molecule has 2 aromatic rings. The summed E-state index contributed by atoms with van der Waals surface area (Å²) in [4.78, 5) is 0. The summed E-state index contributed by atoms with van der Waals surface area (Å²) < 4.78 is 19.6. The SMILES string of the molecule is Fc1ccc(NCC2COc3ccccc32)c(I)c1. The van der Waals surface area contributed by atoms with Gasteiger partial charge >= 0.3 is 0 Å². The molecule has 1 atom stereocenters. The molecule has 3 rings (SSSR count). The molecule has 0 aromatic heterocycles. The molecule has 1 heterocycles. The van der Waals surface area contributed by atoms with Crippen LogP contribution in [0.25, 0.3) is 0 Å². The zero-order valence-corrected chi connectivity index (χ0v) is 12.4. The minimum Gasteiger partial charge on any atom is -0.493 e. The number of para-hydroxylation sites is 1. The molecule has 1 N–H and O–H groups in total. The van der Waals surface area contributed by atoms with Gasteiger partial charge < -0.3 is 10.1 Å². The molecule has 4 heteroatoms. The molecule has 0 saturated heterocycles. The van der Waals surface area contributed by atoms with Crippen LogP contribution in [0.2, 0.25) is 0 Å². The lowest BCUT2D eigenvalue weighted by atomic mass is 10.0. The highest BCUT2D eigenvalue weighted by molar-refractivity contribution is 14.1. The molecule has 19 heavy (non-hydrogen) atoms. The quantitative estimate of drug-likeness (QED) is 0.826. The summed E-state index contributed by atoms with van der Waals surface area (Å²) >= 11 is 2.14. The third-order valence-corrected chi connectivity index (χ3v) is 4.16. The van der Waals surface area contributed by atoms with E-state index in [-0.39, 0.29) is 5.82 Å². The third-order valence-electron chi connectivity index (χ3n) is 3.27. The maximum Gasteiger partial charge on any atom is 0.124 e. The monoisotopic (exact) mass is 369 g/mol. The third kappa shape index (κ3) is 2.68. The minimum absolute atomic E-state index is 0.204. The molecule has 0 radical (unpaired) electrons. The number of halogens is 2. The maximum atomic E-state index is 13.0. The molecule has 1 aliphatic heterocycles. The zero-order chi connectivity index (χ0) is 13.2. The second-order valence-electron chi connectivity index (χ2n) is 4.55. The van der Waals surface area contributed by atoms with Crippen LogP contribution in [0.1, 0.15) is 11.5 Å². The summed E-state index contributed by atoms with van der Waals surface area (Å²) in [6, 6.07) is 12.9. The van der Waals surface area contributed by atoms with Gasteiger partial charge in [0.05, 0.1) is 6.61 Å². The Balaban J connectivity index is 1.71. The number of fused-ring (bicyclic) bond motifs is 1. The summed E-state index contributed by atoms with van der Waals surface area (Å²) in [5.41, 5.74) is 2.21. The number of benzene rings is 2. The predicted molar refractivity (Wildman–Crippen MR) is 82.3 cm³/mol. The topological polar surface area (TPSA) is 21.3 Å². The summed E-state index contributed by atoms with van der Waals surface area (Å²) in [6.45, 7) is 1.49. The molecule has 0 bridgehead atoms. The van der Waals surface area contributed by atoms with Crippen molar-refractivity contribution in [1.82, 2.24) is 0 Å². The second kappa shape index (κ2) is 5.36. The van der Waals surface area contributed by atoms with E-state index in [0.29, 0.717) is 12.5 Å². The van der Waals surface area contributed by atoms with Gasteiger partial charge in [0, 0.05) is 27.3 Å². The highest BCUT2D eigenvalue weighted by Gasteiger charge is 2.23. The molecular formula is C15H13FINO. The smallest absolute Gasteiger partial charge is 0.124 e. The van der Waals surface area contributed by atoms with Gasteiger partial charge in [-0.25, -0.2) is 4.39 Å². The fourth-order valence-electron chi connectivity index (χ4n) is 2.26. The van der Waals surface area contributed by atoms with E-state index in [1.165, 1.54) is 17.7 Å². The Hall–Kier alpha value is -1.30. The highest BCUT2D eigenvalue weighted by atomic mass is 127. The molecule has 0 spiro atoms. The standard InChI is InChI=1S/C15H13FINO/c16-11-5-6-14(13(17)7-11)18-8-10-9-19-15-4-2-1-3-12(10)15/h1-7,10,18H,8-9H2. The molecule has 0 fully saturated rings. The Morgan fingerprint density at radius 2 is 2.11 bits per heavy atom. The highest BCUT2D eigenvalue weighted by Crippen LogP contribution is 2.33. The van der Waals surface area contributed by atoms with Gasteiger partial charge in [-0.3, -0.25) is 0 Å². The van der Waals surface area contributed by atoms with Crippen molar-refractivity contribution < 1.29 is 9.13 Å². The van der Waals surface area contributed by atoms with E-state index in [0.717, 1.165) is 21.6 Å². The van der Waals surface area contributed by atoms with Crippen LogP contribution in [0, 0.1) is 9.39 Å². The number of hydrogen-bond donors (Lipinski definition) is 1. The predicted octanol–water partition coefficient (Wildman–Crippen LogP) is 4.02. The number of rotatable bonds is 3. The lowest BCUT2D eigenvalue weighted by Crippen LogP contribution is -2.14. The zero-order valence-electron chi connectivity index (χ0n) is 10.2. The fourth-order valence-corrected chi connectivity index (χ4v) is 2.93. The van der Waals surface area contributed by atoms with E-state index in [1.807, 2.05) is 18.2 Å². The van der Waals surface area contributed by atoms with Crippen molar-refractivity contribution in [2.75, 3.05) is 18.5 Å². The van der Waals surface area contributed by atoms with Crippen LogP contribution in [0.5, 0.6) is 5.75 Å². The first-order chi connectivity index (χ1) is 9.24. The van der Waals surface area contributed by atoms with E-state index in [9.17, 15) is 4.39 Å². The van der Waals surface area contributed by atoms with Gasteiger partial charge in [-0.2, -0.15) is 0 Å². The molecule has 0 saturated carbocycles. The van der Waals surface area contributed by atoms with E-state index in [1.54, 1.807) is 6.07 Å². The molecule has 1 aliphatic rings. The molecule has 0 aliphatic carbocycles. The Labute approximate surface area is 125 Å². The first kappa shape index (κ1) is 12.7. The lowest BCUT2D eigenvalue weighted by Gasteiger charge is -2.13. The van der Waals surface area contributed by atoms with Crippen LogP contribution in [-0.2, 0) is 0 Å². The van der Waals surface area contributed by atoms with Crippen molar-refractivity contribution in [3.63, 3.8) is 0 Å². The van der Waals surface area contributed by atoms with Gasteiger partial charge in [0.2, 0.25) is 0 Å². The Bertz CT molecular complexity index is 602. The Morgan fingerprint density at radius 3 is 2.95 bits per heavy atom. The second-order valence-corrected chi connectivity index (χ2v) is 5.71. The van der Waals surface area contributed by atoms with Crippen LogP contribution in [0.3, 0.4) is 0 Å². The number of anilines is 1. The number of nitrogens with one attached hydrogen (secondary N) is 1. The van der Waals surface area contributed by atoms with Gasteiger partial charge in [0.1, 0.15) is 11.6 Å². The summed E-state index contributed by atoms with van der Waals surface area (Å²) in [6.07, 6.45) is 0. The number of hydrogen-bond acceptors (Lipinski definition) is 2. The minimum atomic E-state index is -0.204. The van der Waals surface area contributed by atoms with Crippen molar-refractivity contribution in [2.45, 2.75) is 5.92 Å². The summed E-state index contributed by atoms with van der Waals surface area (Å²) in [7, 11) is 0. The average molecular weight is 369 g/mol. The first-order valence-electron chi connectivity index (χ1n) is 6.14. The van der Waals surface area contributed by atoms with Crippen molar-refractivity contribution in [3.8, 4) is 5.75 Å². The average Bonchev–Trinajstić information content (AvgIpc) is 2.81. The van der Waals surface area contributed by atoms with Crippen molar-refractivity contribution in [1.29, 1.82) is 0 Å². The van der Waals surface area contributed by atoms with E-state index >= 15 is 0 Å². The van der Waals surface area contributed by atoms with Crippen LogP contribution in [0.4, 0.5) is 10.1 Å². The number of ether oxygens (including phenoxy) is 1. The molecule has 2 nitrogen and oxygen atoms in total. The Kier molecular flexibility index (Phi) is 3.59. The molecule has 0 amide bonds. The Morgan fingerprint density at radius 1 is 1.26 bits per heavy atom. The van der Waals surface area contributed by atoms with Gasteiger partial charge in [-0.05, 0) is 46.9 Å². The van der Waals surface area contributed by atoms with Gasteiger partial charge in [-0.1, -0.05) is 18.2 Å². The largest absolute Gasteiger partial charge is 0.493 e. The van der Waals surface area contributed by atoms with Crippen molar-refractivity contribution >= 4 is 28.3 Å². The van der Waals surface area contributed by atoms with Crippen LogP contribution in [0.15, 0.2) is 42.5 Å². The first-order valence-corrected chi connectivity index (χ1v) is 7.22. The van der Waals surface area contributed by atoms with Gasteiger partial charge in [-0.15, -0.1) is 0 Å². The molecule has 98 valence electrons. The van der Waals surface area contributed by atoms with Crippen molar-refractivity contribution in [2.24, 2.45) is 0 Å². The van der Waals surface area contributed by atoms with Crippen LogP contribution < -0.4 is 10.1 Å². The maximum absolute atomic E-state index is 13.0.